The molecule has 1 aromatic rings. The lowest BCUT2D eigenvalue weighted by Crippen LogP contribution is -2.32. The quantitative estimate of drug-likeness (QED) is 0.426. The summed E-state index contributed by atoms with van der Waals surface area (Å²) < 4.78 is 5.57. The number of hydrogen-bond acceptors (Lipinski definition) is 5. The monoisotopic (exact) mass is 336 g/mol. The molecule has 3 N–H and O–H groups in total. The van der Waals surface area contributed by atoms with E-state index in [0.717, 1.165) is 19.4 Å². The predicted molar refractivity (Wildman–Crippen MR) is 94.6 cm³/mol. The van der Waals surface area contributed by atoms with Gasteiger partial charge in [0.05, 0.1) is 5.56 Å². The van der Waals surface area contributed by atoms with Crippen LogP contribution in [0.3, 0.4) is 0 Å². The van der Waals surface area contributed by atoms with E-state index in [0.29, 0.717) is 30.0 Å². The van der Waals surface area contributed by atoms with Gasteiger partial charge in [-0.25, -0.2) is 0 Å². The molecule has 0 heterocycles. The Balaban J connectivity index is 2.70. The van der Waals surface area contributed by atoms with Crippen LogP contribution in [0.4, 0.5) is 5.69 Å². The first-order valence-electron chi connectivity index (χ1n) is 8.44. The molecule has 0 saturated carbocycles. The summed E-state index contributed by atoms with van der Waals surface area (Å²) in [4.78, 5) is 23.5. The maximum atomic E-state index is 11.8. The van der Waals surface area contributed by atoms with Crippen molar-refractivity contribution in [2.45, 2.75) is 46.1 Å². The predicted octanol–water partition coefficient (Wildman–Crippen LogP) is 2.37. The molecule has 0 aliphatic carbocycles. The van der Waals surface area contributed by atoms with Crippen molar-refractivity contribution in [1.82, 2.24) is 5.32 Å². The molecule has 0 aromatic heterocycles. The molecule has 0 bridgehead atoms. The number of carbonyl (C=O) groups is 2. The molecule has 0 spiro atoms. The van der Waals surface area contributed by atoms with Gasteiger partial charge in [0.25, 0.3) is 0 Å². The Morgan fingerprint density at radius 3 is 2.62 bits per heavy atom. The first-order chi connectivity index (χ1) is 11.5. The topological polar surface area (TPSA) is 87.7 Å². The molecule has 1 unspecified atom stereocenters. The molecule has 6 nitrogen and oxygen atoms in total. The Bertz CT molecular complexity index is 546. The second-order valence-electron chi connectivity index (χ2n) is 5.73. The van der Waals surface area contributed by atoms with Gasteiger partial charge in [-0.15, -0.1) is 0 Å². The van der Waals surface area contributed by atoms with Crippen LogP contribution in [0, 0.1) is 0 Å². The molecule has 0 saturated heterocycles. The molecule has 24 heavy (non-hydrogen) atoms. The maximum Gasteiger partial charge on any atom is 0.224 e. The Hall–Kier alpha value is -1.92. The third kappa shape index (κ3) is 7.10. The fourth-order valence-corrected chi connectivity index (χ4v) is 2.15. The highest BCUT2D eigenvalue weighted by molar-refractivity contribution is 5.99. The molecule has 1 atom stereocenters. The maximum absolute atomic E-state index is 11.8. The third-order valence-electron chi connectivity index (χ3n) is 3.36. The van der Waals surface area contributed by atoms with Crippen LogP contribution in [0.15, 0.2) is 18.2 Å². The van der Waals surface area contributed by atoms with E-state index in [-0.39, 0.29) is 18.3 Å². The van der Waals surface area contributed by atoms with Gasteiger partial charge in [-0.05, 0) is 44.5 Å². The lowest BCUT2D eigenvalue weighted by molar-refractivity contribution is -0.116. The minimum Gasteiger partial charge on any atom is -0.490 e. The number of carbonyl (C=O) groups excluding carboxylic acids is 2. The van der Waals surface area contributed by atoms with Crippen molar-refractivity contribution in [2.75, 3.05) is 25.0 Å². The van der Waals surface area contributed by atoms with E-state index in [9.17, 15) is 14.7 Å². The number of benzene rings is 1. The van der Waals surface area contributed by atoms with E-state index in [1.54, 1.807) is 18.2 Å². The average Bonchev–Trinajstić information content (AvgIpc) is 2.54. The number of aliphatic hydroxyl groups excluding tert-OH is 1. The summed E-state index contributed by atoms with van der Waals surface area (Å²) in [6, 6.07) is 4.94. The van der Waals surface area contributed by atoms with E-state index in [1.807, 2.05) is 6.92 Å². The third-order valence-corrected chi connectivity index (χ3v) is 3.36. The highest BCUT2D eigenvalue weighted by Gasteiger charge is 2.13. The van der Waals surface area contributed by atoms with Crippen LogP contribution in [-0.4, -0.2) is 42.6 Å². The van der Waals surface area contributed by atoms with E-state index < -0.39 is 6.10 Å². The number of amides is 1. The highest BCUT2D eigenvalue weighted by Crippen LogP contribution is 2.24. The van der Waals surface area contributed by atoms with Crippen molar-refractivity contribution in [2.24, 2.45) is 0 Å². The Morgan fingerprint density at radius 1 is 1.25 bits per heavy atom. The summed E-state index contributed by atoms with van der Waals surface area (Å²) in [5, 5.41) is 15.7. The van der Waals surface area contributed by atoms with Crippen molar-refractivity contribution in [3.8, 4) is 5.75 Å². The molecule has 1 aromatic carbocycles. The lowest BCUT2D eigenvalue weighted by Gasteiger charge is -2.15. The van der Waals surface area contributed by atoms with Gasteiger partial charge in [0.2, 0.25) is 5.91 Å². The second kappa shape index (κ2) is 10.8. The van der Waals surface area contributed by atoms with E-state index in [2.05, 4.69) is 17.6 Å². The number of rotatable bonds is 11. The number of anilines is 1. The van der Waals surface area contributed by atoms with Crippen LogP contribution >= 0.6 is 0 Å². The highest BCUT2D eigenvalue weighted by atomic mass is 16.5. The molecule has 0 fully saturated rings. The standard InChI is InChI=1S/C18H28N2O4/c1-4-6-18(23)20-14-7-8-17(16(10-14)13(3)21)24-12-15(22)11-19-9-5-2/h7-8,10,15,19,22H,4-6,9,11-12H2,1-3H3,(H,20,23). The Labute approximate surface area is 143 Å². The number of aliphatic hydroxyl groups is 1. The minimum atomic E-state index is -0.653. The summed E-state index contributed by atoms with van der Waals surface area (Å²) in [5.41, 5.74) is 0.953. The molecular formula is C18H28N2O4. The van der Waals surface area contributed by atoms with Gasteiger partial charge >= 0.3 is 0 Å². The van der Waals surface area contributed by atoms with Crippen molar-refractivity contribution in [1.29, 1.82) is 0 Å². The number of nitrogens with one attached hydrogen (secondary N) is 2. The van der Waals surface area contributed by atoms with Gasteiger partial charge in [-0.2, -0.15) is 0 Å². The number of ketones is 1. The fourth-order valence-electron chi connectivity index (χ4n) is 2.15. The zero-order valence-electron chi connectivity index (χ0n) is 14.7. The van der Waals surface area contributed by atoms with Gasteiger partial charge in [0.1, 0.15) is 18.5 Å². The van der Waals surface area contributed by atoms with Crippen molar-refractivity contribution >= 4 is 17.4 Å². The number of ether oxygens (including phenoxy) is 1. The molecule has 0 aliphatic rings. The van der Waals surface area contributed by atoms with Crippen LogP contribution in [0.1, 0.15) is 50.4 Å². The molecular weight excluding hydrogens is 308 g/mol. The molecule has 0 aliphatic heterocycles. The van der Waals surface area contributed by atoms with Crippen LogP contribution in [0.25, 0.3) is 0 Å². The van der Waals surface area contributed by atoms with E-state index >= 15 is 0 Å². The molecule has 6 heteroatoms. The number of hydrogen-bond donors (Lipinski definition) is 3. The van der Waals surface area contributed by atoms with E-state index in [1.165, 1.54) is 6.92 Å². The summed E-state index contributed by atoms with van der Waals surface area (Å²) in [7, 11) is 0. The van der Waals surface area contributed by atoms with Crippen LogP contribution in [0.2, 0.25) is 0 Å². The minimum absolute atomic E-state index is 0.0851. The van der Waals surface area contributed by atoms with Gasteiger partial charge < -0.3 is 20.5 Å². The Kier molecular flexibility index (Phi) is 9.04. The van der Waals surface area contributed by atoms with Gasteiger partial charge in [0.15, 0.2) is 5.78 Å². The SMILES string of the molecule is CCCNCC(O)COc1ccc(NC(=O)CCC)cc1C(C)=O. The normalized spacial score (nSPS) is 11.8. The second-order valence-corrected chi connectivity index (χ2v) is 5.73. The fraction of sp³-hybridized carbons (Fsp3) is 0.556. The summed E-state index contributed by atoms with van der Waals surface area (Å²) in [6.45, 7) is 6.79. The molecule has 0 radical (unpaired) electrons. The molecule has 1 rings (SSSR count). The van der Waals surface area contributed by atoms with Crippen molar-refractivity contribution in [3.05, 3.63) is 23.8 Å². The lowest BCUT2D eigenvalue weighted by atomic mass is 10.1. The summed E-state index contributed by atoms with van der Waals surface area (Å²) in [5.74, 6) is 0.166. The van der Waals surface area contributed by atoms with Crippen LogP contribution < -0.4 is 15.4 Å². The summed E-state index contributed by atoms with van der Waals surface area (Å²) in [6.07, 6.45) is 1.54. The van der Waals surface area contributed by atoms with Crippen LogP contribution in [0.5, 0.6) is 5.75 Å². The largest absolute Gasteiger partial charge is 0.490 e. The average molecular weight is 336 g/mol. The first-order valence-corrected chi connectivity index (χ1v) is 8.44. The molecule has 134 valence electrons. The van der Waals surface area contributed by atoms with E-state index in [4.69, 9.17) is 4.74 Å². The Morgan fingerprint density at radius 2 is 2.00 bits per heavy atom. The molecule has 1 amide bonds. The van der Waals surface area contributed by atoms with Crippen molar-refractivity contribution in [3.63, 3.8) is 0 Å². The zero-order chi connectivity index (χ0) is 17.9. The first kappa shape index (κ1) is 20.1. The van der Waals surface area contributed by atoms with Crippen molar-refractivity contribution < 1.29 is 19.4 Å². The van der Waals surface area contributed by atoms with Gasteiger partial charge in [0, 0.05) is 18.7 Å². The van der Waals surface area contributed by atoms with Gasteiger partial charge in [-0.1, -0.05) is 13.8 Å². The van der Waals surface area contributed by atoms with Gasteiger partial charge in [-0.3, -0.25) is 9.59 Å². The number of Topliss-reactive ketones (excluding diaryl/α,β-unsaturated/α-hetero) is 1. The summed E-state index contributed by atoms with van der Waals surface area (Å²) >= 11 is 0. The smallest absolute Gasteiger partial charge is 0.224 e. The zero-order valence-corrected chi connectivity index (χ0v) is 14.7. The van der Waals surface area contributed by atoms with Crippen LogP contribution in [-0.2, 0) is 4.79 Å².